The number of anilines is 2. The Bertz CT molecular complexity index is 2060. The highest BCUT2D eigenvalue weighted by Crippen LogP contribution is 2.40. The van der Waals surface area contributed by atoms with Gasteiger partial charge in [-0.05, 0) is 71.8 Å². The summed E-state index contributed by atoms with van der Waals surface area (Å²) in [5.74, 6) is -1.94. The van der Waals surface area contributed by atoms with Gasteiger partial charge in [0, 0.05) is 21.2 Å². The van der Waals surface area contributed by atoms with E-state index in [1.54, 1.807) is 103 Å². The third-order valence-corrected chi connectivity index (χ3v) is 9.36. The number of halogens is 6. The van der Waals surface area contributed by atoms with Crippen molar-refractivity contribution in [3.8, 4) is 0 Å². The maximum Gasteiger partial charge on any atom is 0.418 e. The summed E-state index contributed by atoms with van der Waals surface area (Å²) in [5.41, 5.74) is -0.124. The van der Waals surface area contributed by atoms with Gasteiger partial charge in [-0.3, -0.25) is 14.4 Å². The Labute approximate surface area is 304 Å². The van der Waals surface area contributed by atoms with E-state index >= 15 is 0 Å². The average Bonchev–Trinajstić information content (AvgIpc) is 3.10. The number of carbonyl (C=O) groups excluding carboxylic acids is 3. The predicted octanol–water partition coefficient (Wildman–Crippen LogP) is 10.5. The van der Waals surface area contributed by atoms with Crippen LogP contribution in [0.5, 0.6) is 0 Å². The van der Waals surface area contributed by atoms with Crippen molar-refractivity contribution in [3.05, 3.63) is 164 Å². The van der Waals surface area contributed by atoms with E-state index < -0.39 is 40.4 Å². The number of rotatable bonds is 10. The van der Waals surface area contributed by atoms with E-state index in [2.05, 4.69) is 16.0 Å². The molecule has 0 spiro atoms. The minimum atomic E-state index is -4.76. The highest BCUT2D eigenvalue weighted by atomic mass is 35.5. The van der Waals surface area contributed by atoms with Crippen LogP contribution in [-0.4, -0.2) is 17.7 Å². The number of hydrogen-bond acceptors (Lipinski definition) is 4. The van der Waals surface area contributed by atoms with Crippen LogP contribution in [0.4, 0.5) is 24.5 Å². The van der Waals surface area contributed by atoms with Gasteiger partial charge in [0.25, 0.3) is 11.8 Å². The minimum absolute atomic E-state index is 0.128. The van der Waals surface area contributed by atoms with Gasteiger partial charge in [0.1, 0.15) is 10.9 Å². The first-order valence-corrected chi connectivity index (χ1v) is 16.7. The van der Waals surface area contributed by atoms with Crippen molar-refractivity contribution in [3.63, 3.8) is 0 Å². The quantitative estimate of drug-likeness (QED) is 0.0979. The monoisotopic (exact) mass is 753 g/mol. The summed E-state index contributed by atoms with van der Waals surface area (Å²) in [5, 5.41) is 7.11. The van der Waals surface area contributed by atoms with Crippen LogP contribution in [-0.2, 0) is 15.8 Å². The van der Waals surface area contributed by atoms with Gasteiger partial charge in [0.05, 0.1) is 21.3 Å². The molecule has 0 radical (unpaired) electrons. The van der Waals surface area contributed by atoms with Crippen LogP contribution in [0, 0.1) is 0 Å². The van der Waals surface area contributed by atoms with Gasteiger partial charge >= 0.3 is 6.18 Å². The van der Waals surface area contributed by atoms with E-state index in [1.807, 2.05) is 0 Å². The molecule has 1 atom stereocenters. The summed E-state index contributed by atoms with van der Waals surface area (Å²) in [6, 6.07) is 31.3. The zero-order chi connectivity index (χ0) is 35.8. The number of amides is 3. The minimum Gasteiger partial charge on any atom is -0.324 e. The molecule has 0 aliphatic carbocycles. The van der Waals surface area contributed by atoms with E-state index in [1.165, 1.54) is 12.1 Å². The van der Waals surface area contributed by atoms with Gasteiger partial charge in [-0.15, -0.1) is 11.8 Å². The first-order chi connectivity index (χ1) is 23.9. The lowest BCUT2D eigenvalue weighted by atomic mass is 10.1. The molecule has 5 rings (SSSR count). The Morgan fingerprint density at radius 3 is 2.12 bits per heavy atom. The van der Waals surface area contributed by atoms with Gasteiger partial charge in [-0.2, -0.15) is 13.2 Å². The summed E-state index contributed by atoms with van der Waals surface area (Å²) in [6.45, 7) is 0. The SMILES string of the molecule is O=C(Nc1cccc(SC(C(=O)Nc2ccc(Cl)cc2C(F)(F)F)c2ccccc2)c1)/C(=C\c1cccc(Cl)c1Cl)NC(=O)c1ccccc1. The zero-order valence-electron chi connectivity index (χ0n) is 25.6. The fourth-order valence-corrected chi connectivity index (χ4v) is 6.29. The maximum atomic E-state index is 13.8. The predicted molar refractivity (Wildman–Crippen MR) is 194 cm³/mol. The third-order valence-electron chi connectivity index (χ3n) is 7.04. The molecule has 0 heterocycles. The van der Waals surface area contributed by atoms with E-state index in [9.17, 15) is 27.6 Å². The summed E-state index contributed by atoms with van der Waals surface area (Å²) in [7, 11) is 0. The largest absolute Gasteiger partial charge is 0.418 e. The Kier molecular flexibility index (Phi) is 11.9. The molecule has 0 saturated carbocycles. The fraction of sp³-hybridized carbons (Fsp3) is 0.0541. The molecule has 3 amide bonds. The molecule has 0 fully saturated rings. The van der Waals surface area contributed by atoms with Gasteiger partial charge in [0.15, 0.2) is 0 Å². The zero-order valence-corrected chi connectivity index (χ0v) is 28.7. The molecule has 1 unspecified atom stereocenters. The molecule has 0 aromatic heterocycles. The number of benzene rings is 5. The molecular weight excluding hydrogens is 730 g/mol. The summed E-state index contributed by atoms with van der Waals surface area (Å²) >= 11 is 19.4. The van der Waals surface area contributed by atoms with Crippen molar-refractivity contribution < 1.29 is 27.6 Å². The number of alkyl halides is 3. The highest BCUT2D eigenvalue weighted by Gasteiger charge is 2.35. The second-order valence-corrected chi connectivity index (χ2v) is 13.0. The van der Waals surface area contributed by atoms with Crippen LogP contribution in [0.3, 0.4) is 0 Å². The van der Waals surface area contributed by atoms with Crippen LogP contribution < -0.4 is 16.0 Å². The standard InChI is InChI=1S/C37H25Cl3F3N3O3S/c38-25-17-18-30(28(20-25)37(41,42)43)45-36(49)33(22-9-3-1-4-10-22)50-27-15-8-14-26(21-27)44-35(48)31(19-24-13-7-16-29(39)32(24)40)46-34(47)23-11-5-2-6-12-23/h1-21,33H,(H,44,48)(H,45,49)(H,46,47)/b31-19+. The molecule has 3 N–H and O–H groups in total. The molecule has 0 aliphatic heterocycles. The molecular formula is C37H25Cl3F3N3O3S. The Morgan fingerprint density at radius 1 is 0.740 bits per heavy atom. The van der Waals surface area contributed by atoms with Gasteiger partial charge in [-0.25, -0.2) is 0 Å². The molecule has 5 aromatic rings. The fourth-order valence-electron chi connectivity index (χ4n) is 4.67. The number of hydrogen-bond donors (Lipinski definition) is 3. The Morgan fingerprint density at radius 2 is 1.42 bits per heavy atom. The van der Waals surface area contributed by atoms with Crippen LogP contribution in [0.15, 0.2) is 132 Å². The van der Waals surface area contributed by atoms with Crippen molar-refractivity contribution in [2.45, 2.75) is 16.3 Å². The highest BCUT2D eigenvalue weighted by molar-refractivity contribution is 8.00. The smallest absolute Gasteiger partial charge is 0.324 e. The van der Waals surface area contributed by atoms with Crippen molar-refractivity contribution in [1.82, 2.24) is 5.32 Å². The molecule has 5 aromatic carbocycles. The van der Waals surface area contributed by atoms with Gasteiger partial charge < -0.3 is 16.0 Å². The van der Waals surface area contributed by atoms with E-state index in [4.69, 9.17) is 34.8 Å². The van der Waals surface area contributed by atoms with E-state index in [0.29, 0.717) is 27.3 Å². The third kappa shape index (κ3) is 9.48. The number of thioether (sulfide) groups is 1. The summed E-state index contributed by atoms with van der Waals surface area (Å²) < 4.78 is 41.3. The molecule has 0 saturated heterocycles. The molecule has 13 heteroatoms. The topological polar surface area (TPSA) is 87.3 Å². The maximum absolute atomic E-state index is 13.8. The van der Waals surface area contributed by atoms with E-state index in [0.717, 1.165) is 23.9 Å². The van der Waals surface area contributed by atoms with E-state index in [-0.39, 0.29) is 20.8 Å². The Hall–Kier alpha value is -4.74. The molecule has 254 valence electrons. The summed E-state index contributed by atoms with van der Waals surface area (Å²) in [6.07, 6.45) is -3.37. The lowest BCUT2D eigenvalue weighted by Crippen LogP contribution is -2.30. The molecule has 50 heavy (non-hydrogen) atoms. The lowest BCUT2D eigenvalue weighted by molar-refractivity contribution is -0.137. The van der Waals surface area contributed by atoms with Crippen molar-refractivity contribution in [1.29, 1.82) is 0 Å². The van der Waals surface area contributed by atoms with Crippen LogP contribution in [0.1, 0.15) is 32.3 Å². The number of nitrogens with one attached hydrogen (secondary N) is 3. The molecule has 6 nitrogen and oxygen atoms in total. The van der Waals surface area contributed by atoms with Gasteiger partial charge in [-0.1, -0.05) is 102 Å². The van der Waals surface area contributed by atoms with Crippen molar-refractivity contribution >= 4 is 81.7 Å². The number of carbonyl (C=O) groups is 3. The normalized spacial score (nSPS) is 12.2. The van der Waals surface area contributed by atoms with Crippen LogP contribution in [0.2, 0.25) is 15.1 Å². The average molecular weight is 755 g/mol. The van der Waals surface area contributed by atoms with Crippen LogP contribution in [0.25, 0.3) is 6.08 Å². The van der Waals surface area contributed by atoms with Crippen molar-refractivity contribution in [2.24, 2.45) is 0 Å². The van der Waals surface area contributed by atoms with Crippen molar-refractivity contribution in [2.75, 3.05) is 10.6 Å². The second kappa shape index (κ2) is 16.3. The molecule has 0 aliphatic rings. The first-order valence-electron chi connectivity index (χ1n) is 14.7. The summed E-state index contributed by atoms with van der Waals surface area (Å²) in [4.78, 5) is 40.8. The second-order valence-electron chi connectivity index (χ2n) is 10.6. The first kappa shape index (κ1) is 36.5. The van der Waals surface area contributed by atoms with Gasteiger partial charge in [0.2, 0.25) is 5.91 Å². The van der Waals surface area contributed by atoms with Crippen LogP contribution >= 0.6 is 46.6 Å². The Balaban J connectivity index is 1.41. The lowest BCUT2D eigenvalue weighted by Gasteiger charge is -2.20. The molecule has 0 bridgehead atoms.